The standard InChI is InChI=1S/C27H22ClN5O2S/c1-32-17-33-26(22-4-2-3-5-23(22)32)30-31-27(33)36-16-25(35)29-21-13-9-19(10-14-21)24(34)15-8-18-6-11-20(28)12-7-18/h2-15H,16-17H2,1H3,(H,29,35)/b15-8+. The highest BCUT2D eigenvalue weighted by Gasteiger charge is 2.24. The maximum atomic E-state index is 12.6. The molecular formula is C27H22ClN5O2S. The number of ketones is 1. The maximum Gasteiger partial charge on any atom is 0.234 e. The lowest BCUT2D eigenvalue weighted by Gasteiger charge is -2.28. The molecule has 2 heterocycles. The number of rotatable bonds is 7. The Balaban J connectivity index is 1.17. The molecule has 1 N–H and O–H groups in total. The summed E-state index contributed by atoms with van der Waals surface area (Å²) in [5, 5.41) is 12.9. The molecule has 0 fully saturated rings. The number of carbonyl (C=O) groups excluding carboxylic acids is 2. The predicted octanol–water partition coefficient (Wildman–Crippen LogP) is 5.63. The minimum Gasteiger partial charge on any atom is -0.356 e. The van der Waals surface area contributed by atoms with E-state index in [1.807, 2.05) is 41.9 Å². The van der Waals surface area contributed by atoms with Gasteiger partial charge in [0.05, 0.1) is 12.4 Å². The van der Waals surface area contributed by atoms with Gasteiger partial charge in [-0.3, -0.25) is 14.2 Å². The van der Waals surface area contributed by atoms with E-state index in [1.54, 1.807) is 42.5 Å². The zero-order valence-electron chi connectivity index (χ0n) is 19.4. The number of amides is 1. The topological polar surface area (TPSA) is 80.1 Å². The minimum atomic E-state index is -0.163. The lowest BCUT2D eigenvalue weighted by atomic mass is 10.1. The van der Waals surface area contributed by atoms with Crippen LogP contribution < -0.4 is 10.2 Å². The molecule has 1 aliphatic heterocycles. The van der Waals surface area contributed by atoms with E-state index in [1.165, 1.54) is 17.8 Å². The molecule has 1 aromatic heterocycles. The summed E-state index contributed by atoms with van der Waals surface area (Å²) in [6.45, 7) is 0.616. The monoisotopic (exact) mass is 515 g/mol. The van der Waals surface area contributed by atoms with Crippen molar-refractivity contribution >= 4 is 52.5 Å². The summed E-state index contributed by atoms with van der Waals surface area (Å²) >= 11 is 7.22. The van der Waals surface area contributed by atoms with Crippen LogP contribution in [0.15, 0.2) is 84.0 Å². The van der Waals surface area contributed by atoms with E-state index >= 15 is 0 Å². The van der Waals surface area contributed by atoms with Crippen molar-refractivity contribution < 1.29 is 9.59 Å². The van der Waals surface area contributed by atoms with Crippen LogP contribution in [-0.2, 0) is 11.5 Å². The Hall–Kier alpha value is -3.88. The van der Waals surface area contributed by atoms with Crippen LogP contribution in [0.3, 0.4) is 0 Å². The number of allylic oxidation sites excluding steroid dienone is 1. The van der Waals surface area contributed by atoms with Crippen molar-refractivity contribution in [3.05, 3.63) is 95.0 Å². The summed E-state index contributed by atoms with van der Waals surface area (Å²) in [6, 6.07) is 22.1. The maximum absolute atomic E-state index is 12.6. The van der Waals surface area contributed by atoms with Gasteiger partial charge >= 0.3 is 0 Å². The van der Waals surface area contributed by atoms with Crippen molar-refractivity contribution in [2.24, 2.45) is 0 Å². The van der Waals surface area contributed by atoms with Crippen LogP contribution >= 0.6 is 23.4 Å². The van der Waals surface area contributed by atoms with Gasteiger partial charge in [-0.05, 0) is 60.2 Å². The fourth-order valence-electron chi connectivity index (χ4n) is 3.89. The summed E-state index contributed by atoms with van der Waals surface area (Å²) in [6.07, 6.45) is 3.26. The number of benzene rings is 3. The van der Waals surface area contributed by atoms with Crippen LogP contribution in [0, 0.1) is 0 Å². The average Bonchev–Trinajstić information content (AvgIpc) is 3.30. The quantitative estimate of drug-likeness (QED) is 0.195. The van der Waals surface area contributed by atoms with E-state index < -0.39 is 0 Å². The zero-order valence-corrected chi connectivity index (χ0v) is 21.0. The SMILES string of the molecule is CN1Cn2c(SCC(=O)Nc3ccc(C(=O)/C=C/c4ccc(Cl)cc4)cc3)nnc2-c2ccccc21. The molecule has 3 aromatic carbocycles. The molecular weight excluding hydrogens is 494 g/mol. The first-order valence-corrected chi connectivity index (χ1v) is 12.6. The lowest BCUT2D eigenvalue weighted by molar-refractivity contribution is -0.113. The second-order valence-electron chi connectivity index (χ2n) is 8.25. The van der Waals surface area contributed by atoms with Gasteiger partial charge in [-0.1, -0.05) is 53.7 Å². The molecule has 9 heteroatoms. The van der Waals surface area contributed by atoms with Gasteiger partial charge in [-0.2, -0.15) is 0 Å². The predicted molar refractivity (Wildman–Crippen MR) is 144 cm³/mol. The molecule has 5 rings (SSSR count). The molecule has 4 aromatic rings. The van der Waals surface area contributed by atoms with Crippen LogP contribution in [-0.4, -0.2) is 39.3 Å². The molecule has 1 aliphatic rings. The van der Waals surface area contributed by atoms with E-state index in [9.17, 15) is 9.59 Å². The molecule has 0 atom stereocenters. The molecule has 7 nitrogen and oxygen atoms in total. The summed E-state index contributed by atoms with van der Waals surface area (Å²) in [5.41, 5.74) is 4.17. The number of nitrogens with one attached hydrogen (secondary N) is 1. The number of aromatic nitrogens is 3. The van der Waals surface area contributed by atoms with Gasteiger partial charge in [0.1, 0.15) is 0 Å². The molecule has 1 amide bonds. The van der Waals surface area contributed by atoms with E-state index in [-0.39, 0.29) is 17.4 Å². The number of anilines is 2. The third-order valence-corrected chi connectivity index (χ3v) is 6.93. The Kier molecular flexibility index (Phi) is 6.88. The Bertz CT molecular complexity index is 1450. The molecule has 180 valence electrons. The van der Waals surface area contributed by atoms with E-state index in [2.05, 4.69) is 26.5 Å². The minimum absolute atomic E-state index is 0.124. The lowest BCUT2D eigenvalue weighted by Crippen LogP contribution is -2.27. The van der Waals surface area contributed by atoms with E-state index in [0.717, 1.165) is 22.6 Å². The third-order valence-electron chi connectivity index (χ3n) is 5.71. The van der Waals surface area contributed by atoms with Gasteiger partial charge in [0.2, 0.25) is 5.91 Å². The van der Waals surface area contributed by atoms with E-state index in [4.69, 9.17) is 11.6 Å². The molecule has 36 heavy (non-hydrogen) atoms. The number of thioether (sulfide) groups is 1. The Morgan fingerprint density at radius 1 is 1.03 bits per heavy atom. The highest BCUT2D eigenvalue weighted by atomic mass is 35.5. The number of carbonyl (C=O) groups is 2. The first kappa shape index (κ1) is 23.8. The van der Waals surface area contributed by atoms with Gasteiger partial charge in [-0.25, -0.2) is 0 Å². The molecule has 0 spiro atoms. The molecule has 0 unspecified atom stereocenters. The zero-order chi connectivity index (χ0) is 25.1. The summed E-state index contributed by atoms with van der Waals surface area (Å²) in [5.74, 6) is 0.704. The van der Waals surface area contributed by atoms with E-state index in [0.29, 0.717) is 28.1 Å². The van der Waals surface area contributed by atoms with Gasteiger partial charge < -0.3 is 10.2 Å². The number of hydrogen-bond donors (Lipinski definition) is 1. The molecule has 0 bridgehead atoms. The fourth-order valence-corrected chi connectivity index (χ4v) is 4.75. The number of halogens is 1. The van der Waals surface area contributed by atoms with Crippen LogP contribution in [0.25, 0.3) is 17.5 Å². The number of nitrogens with zero attached hydrogens (tertiary/aromatic N) is 4. The van der Waals surface area contributed by atoms with Gasteiger partial charge in [0.25, 0.3) is 0 Å². The second-order valence-corrected chi connectivity index (χ2v) is 9.63. The Labute approximate surface area is 217 Å². The van der Waals surface area contributed by atoms with Crippen LogP contribution in [0.5, 0.6) is 0 Å². The van der Waals surface area contributed by atoms with Gasteiger partial charge in [0.15, 0.2) is 16.8 Å². The number of hydrogen-bond acceptors (Lipinski definition) is 6. The van der Waals surface area contributed by atoms with Crippen molar-refractivity contribution in [2.75, 3.05) is 23.0 Å². The molecule has 0 saturated heterocycles. The van der Waals surface area contributed by atoms with Crippen molar-refractivity contribution in [1.82, 2.24) is 14.8 Å². The Morgan fingerprint density at radius 2 is 1.78 bits per heavy atom. The largest absolute Gasteiger partial charge is 0.356 e. The molecule has 0 aliphatic carbocycles. The summed E-state index contributed by atoms with van der Waals surface area (Å²) < 4.78 is 2.01. The normalized spacial score (nSPS) is 12.3. The fraction of sp³-hybridized carbons (Fsp3) is 0.111. The number of para-hydroxylation sites is 1. The number of fused-ring (bicyclic) bond motifs is 3. The Morgan fingerprint density at radius 3 is 2.56 bits per heavy atom. The first-order valence-electron chi connectivity index (χ1n) is 11.2. The van der Waals surface area contributed by atoms with Gasteiger partial charge in [-0.15, -0.1) is 10.2 Å². The van der Waals surface area contributed by atoms with Crippen LogP contribution in [0.2, 0.25) is 5.02 Å². The highest BCUT2D eigenvalue weighted by Crippen LogP contribution is 2.35. The van der Waals surface area contributed by atoms with Crippen molar-refractivity contribution in [2.45, 2.75) is 11.8 Å². The molecule has 0 radical (unpaired) electrons. The van der Waals surface area contributed by atoms with Crippen LogP contribution in [0.1, 0.15) is 15.9 Å². The van der Waals surface area contributed by atoms with Crippen LogP contribution in [0.4, 0.5) is 11.4 Å². The second kappa shape index (κ2) is 10.4. The summed E-state index contributed by atoms with van der Waals surface area (Å²) in [7, 11) is 2.02. The average molecular weight is 516 g/mol. The summed E-state index contributed by atoms with van der Waals surface area (Å²) in [4.78, 5) is 27.1. The van der Waals surface area contributed by atoms with Crippen molar-refractivity contribution in [3.63, 3.8) is 0 Å². The highest BCUT2D eigenvalue weighted by molar-refractivity contribution is 7.99. The van der Waals surface area contributed by atoms with Crippen molar-refractivity contribution in [3.8, 4) is 11.4 Å². The molecule has 0 saturated carbocycles. The third kappa shape index (κ3) is 5.19. The van der Waals surface area contributed by atoms with Gasteiger partial charge in [0, 0.05) is 34.6 Å². The first-order chi connectivity index (χ1) is 17.5. The van der Waals surface area contributed by atoms with Crippen molar-refractivity contribution in [1.29, 1.82) is 0 Å². The smallest absolute Gasteiger partial charge is 0.234 e.